The minimum absolute atomic E-state index is 0.0773. The average Bonchev–Trinajstić information content (AvgIpc) is 2.89. The van der Waals surface area contributed by atoms with E-state index in [1.807, 2.05) is 47.4 Å². The van der Waals surface area contributed by atoms with Gasteiger partial charge in [0.1, 0.15) is 0 Å². The number of ether oxygens (including phenoxy) is 3. The predicted octanol–water partition coefficient (Wildman–Crippen LogP) is 5.93. The van der Waals surface area contributed by atoms with Crippen LogP contribution in [0.4, 0.5) is 5.69 Å². The Morgan fingerprint density at radius 2 is 1.53 bits per heavy atom. The molecule has 5 nitrogen and oxygen atoms in total. The highest BCUT2D eigenvalue weighted by molar-refractivity contribution is 6.03. The Balaban J connectivity index is 1.73. The summed E-state index contributed by atoms with van der Waals surface area (Å²) in [7, 11) is 4.82. The third-order valence-electron chi connectivity index (χ3n) is 6.56. The Morgan fingerprint density at radius 1 is 0.794 bits per heavy atom. The van der Waals surface area contributed by atoms with Crippen molar-refractivity contribution in [1.29, 1.82) is 0 Å². The van der Waals surface area contributed by atoms with Crippen LogP contribution in [0.15, 0.2) is 78.9 Å². The maximum Gasteiger partial charge on any atom is 0.228 e. The van der Waals surface area contributed by atoms with Crippen molar-refractivity contribution >= 4 is 22.4 Å². The average molecular weight is 454 g/mol. The summed E-state index contributed by atoms with van der Waals surface area (Å²) in [5.41, 5.74) is 4.06. The van der Waals surface area contributed by atoms with Crippen LogP contribution in [0.3, 0.4) is 0 Å². The zero-order valence-electron chi connectivity index (χ0n) is 19.6. The first kappa shape index (κ1) is 21.8. The molecular formula is C29H27NO4. The molecule has 1 aliphatic heterocycles. The smallest absolute Gasteiger partial charge is 0.228 e. The predicted molar refractivity (Wildman–Crippen MR) is 134 cm³/mol. The van der Waals surface area contributed by atoms with Gasteiger partial charge >= 0.3 is 0 Å². The minimum Gasteiger partial charge on any atom is -0.493 e. The summed E-state index contributed by atoms with van der Waals surface area (Å²) in [5.74, 6) is 1.61. The van der Waals surface area contributed by atoms with Gasteiger partial charge in [0.2, 0.25) is 11.7 Å². The molecule has 0 saturated heterocycles. The van der Waals surface area contributed by atoms with Crippen molar-refractivity contribution < 1.29 is 19.0 Å². The second kappa shape index (κ2) is 9.10. The van der Waals surface area contributed by atoms with Crippen LogP contribution in [0.5, 0.6) is 17.2 Å². The number of anilines is 1. The lowest BCUT2D eigenvalue weighted by Crippen LogP contribution is -2.36. The maximum atomic E-state index is 13.6. The van der Waals surface area contributed by atoms with Gasteiger partial charge in [0, 0.05) is 23.6 Å². The fourth-order valence-electron chi connectivity index (χ4n) is 5.01. The number of methoxy groups -OCH3 is 3. The van der Waals surface area contributed by atoms with Gasteiger partial charge in [-0.05, 0) is 34.0 Å². The van der Waals surface area contributed by atoms with Crippen molar-refractivity contribution in [3.8, 4) is 17.2 Å². The van der Waals surface area contributed by atoms with Crippen molar-refractivity contribution in [2.75, 3.05) is 26.2 Å². The lowest BCUT2D eigenvalue weighted by atomic mass is 9.80. The fraction of sp³-hybridized carbons (Fsp3) is 0.207. The summed E-state index contributed by atoms with van der Waals surface area (Å²) in [6, 6.07) is 26.4. The summed E-state index contributed by atoms with van der Waals surface area (Å²) in [5, 5.41) is 2.27. The van der Waals surface area contributed by atoms with Crippen LogP contribution in [0.25, 0.3) is 10.8 Å². The van der Waals surface area contributed by atoms with Crippen molar-refractivity contribution in [3.05, 3.63) is 95.6 Å². The van der Waals surface area contributed by atoms with Crippen molar-refractivity contribution in [3.63, 3.8) is 0 Å². The number of rotatable bonds is 6. The first-order chi connectivity index (χ1) is 16.7. The first-order valence-corrected chi connectivity index (χ1v) is 11.3. The zero-order valence-corrected chi connectivity index (χ0v) is 19.6. The molecule has 0 aromatic heterocycles. The molecule has 1 amide bonds. The lowest BCUT2D eigenvalue weighted by molar-refractivity contribution is -0.119. The molecule has 0 saturated carbocycles. The normalized spacial score (nSPS) is 15.2. The molecule has 0 fully saturated rings. The molecule has 1 aliphatic rings. The summed E-state index contributed by atoms with van der Waals surface area (Å²) < 4.78 is 16.9. The number of fused-ring (bicyclic) bond motifs is 3. The van der Waals surface area contributed by atoms with Crippen LogP contribution >= 0.6 is 0 Å². The molecule has 34 heavy (non-hydrogen) atoms. The molecule has 5 rings (SSSR count). The van der Waals surface area contributed by atoms with Gasteiger partial charge in [0.05, 0.1) is 27.9 Å². The van der Waals surface area contributed by atoms with E-state index in [9.17, 15) is 4.79 Å². The van der Waals surface area contributed by atoms with Crippen LogP contribution in [0.1, 0.15) is 29.0 Å². The largest absolute Gasteiger partial charge is 0.493 e. The van der Waals surface area contributed by atoms with Gasteiger partial charge in [-0.15, -0.1) is 0 Å². The topological polar surface area (TPSA) is 48.0 Å². The molecule has 0 aliphatic carbocycles. The van der Waals surface area contributed by atoms with Gasteiger partial charge in [-0.1, -0.05) is 66.7 Å². The highest BCUT2D eigenvalue weighted by Gasteiger charge is 2.36. The molecule has 4 aromatic rings. The van der Waals surface area contributed by atoms with Gasteiger partial charge < -0.3 is 19.1 Å². The number of amides is 1. The minimum atomic E-state index is -0.185. The van der Waals surface area contributed by atoms with E-state index in [-0.39, 0.29) is 11.8 Å². The summed E-state index contributed by atoms with van der Waals surface area (Å²) in [4.78, 5) is 15.5. The van der Waals surface area contributed by atoms with E-state index in [4.69, 9.17) is 14.2 Å². The third-order valence-corrected chi connectivity index (χ3v) is 6.56. The van der Waals surface area contributed by atoms with Crippen LogP contribution in [0.2, 0.25) is 0 Å². The van der Waals surface area contributed by atoms with Crippen molar-refractivity contribution in [1.82, 2.24) is 0 Å². The Kier molecular flexibility index (Phi) is 5.84. The molecule has 5 heteroatoms. The molecule has 0 bridgehead atoms. The third kappa shape index (κ3) is 3.63. The lowest BCUT2D eigenvalue weighted by Gasteiger charge is -2.36. The standard InChI is InChI=1S/C29H27NO4/c1-32-25-16-14-22(28(33-2)29(25)34-3)23-17-26(31)30(18-19-9-5-4-6-10-19)24-15-13-20-11-7-8-12-21(20)27(23)24/h4-16,23H,17-18H2,1-3H3. The quantitative estimate of drug-likeness (QED) is 0.363. The monoisotopic (exact) mass is 453 g/mol. The van der Waals surface area contributed by atoms with Gasteiger partial charge in [0.15, 0.2) is 11.5 Å². The molecule has 1 heterocycles. The van der Waals surface area contributed by atoms with E-state index in [2.05, 4.69) is 36.4 Å². The molecule has 0 N–H and O–H groups in total. The molecular weight excluding hydrogens is 426 g/mol. The Labute approximate surface area is 199 Å². The second-order valence-corrected chi connectivity index (χ2v) is 8.37. The molecule has 172 valence electrons. The molecule has 4 aromatic carbocycles. The van der Waals surface area contributed by atoms with E-state index < -0.39 is 0 Å². The van der Waals surface area contributed by atoms with Crippen LogP contribution in [0, 0.1) is 0 Å². The summed E-state index contributed by atoms with van der Waals surface area (Å²) in [6.45, 7) is 0.529. The van der Waals surface area contributed by atoms with Crippen LogP contribution in [-0.4, -0.2) is 27.2 Å². The molecule has 0 radical (unpaired) electrons. The van der Waals surface area contributed by atoms with Crippen molar-refractivity contribution in [2.45, 2.75) is 18.9 Å². The fourth-order valence-corrected chi connectivity index (χ4v) is 5.01. The van der Waals surface area contributed by atoms with Crippen molar-refractivity contribution in [2.24, 2.45) is 0 Å². The number of benzene rings is 4. The zero-order chi connectivity index (χ0) is 23.7. The molecule has 0 spiro atoms. The van der Waals surface area contributed by atoms with E-state index in [1.165, 1.54) is 0 Å². The van der Waals surface area contributed by atoms with E-state index in [1.54, 1.807) is 21.3 Å². The van der Waals surface area contributed by atoms with E-state index in [0.717, 1.165) is 33.2 Å². The van der Waals surface area contributed by atoms with Gasteiger partial charge in [-0.2, -0.15) is 0 Å². The summed E-state index contributed by atoms with van der Waals surface area (Å²) in [6.07, 6.45) is 0.333. The number of carbonyl (C=O) groups is 1. The summed E-state index contributed by atoms with van der Waals surface area (Å²) >= 11 is 0. The van der Waals surface area contributed by atoms with Crippen LogP contribution in [-0.2, 0) is 11.3 Å². The van der Waals surface area contributed by atoms with E-state index in [0.29, 0.717) is 30.2 Å². The highest BCUT2D eigenvalue weighted by Crippen LogP contribution is 2.50. The Morgan fingerprint density at radius 3 is 2.26 bits per heavy atom. The van der Waals surface area contributed by atoms with Crippen LogP contribution < -0.4 is 19.1 Å². The Hall–Kier alpha value is -3.99. The first-order valence-electron chi connectivity index (χ1n) is 11.3. The van der Waals surface area contributed by atoms with E-state index >= 15 is 0 Å². The number of hydrogen-bond acceptors (Lipinski definition) is 4. The Bertz CT molecular complexity index is 1350. The number of hydrogen-bond donors (Lipinski definition) is 0. The highest BCUT2D eigenvalue weighted by atomic mass is 16.5. The van der Waals surface area contributed by atoms with Gasteiger partial charge in [-0.3, -0.25) is 4.79 Å². The maximum absolute atomic E-state index is 13.6. The number of nitrogens with zero attached hydrogens (tertiary/aromatic N) is 1. The van der Waals surface area contributed by atoms with Gasteiger partial charge in [0.25, 0.3) is 0 Å². The molecule has 1 unspecified atom stereocenters. The second-order valence-electron chi connectivity index (χ2n) is 8.37. The number of carbonyl (C=O) groups excluding carboxylic acids is 1. The molecule has 1 atom stereocenters. The SMILES string of the molecule is COc1ccc(C2CC(=O)N(Cc3ccccc3)c3ccc4ccccc4c32)c(OC)c1OC. The van der Waals surface area contributed by atoms with Gasteiger partial charge in [-0.25, -0.2) is 0 Å².